The van der Waals surface area contributed by atoms with E-state index in [2.05, 4.69) is 33.8 Å². The van der Waals surface area contributed by atoms with Crippen LogP contribution in [0.25, 0.3) is 0 Å². The van der Waals surface area contributed by atoms with Gasteiger partial charge in [0.1, 0.15) is 6.10 Å². The Bertz CT molecular complexity index is 670. The number of hydrogen-bond donors (Lipinski definition) is 1. The summed E-state index contributed by atoms with van der Waals surface area (Å²) in [5.74, 6) is 6.83. The standard InChI is InChI=1S/C28H46O2/c1-18(17-29)8-7-10-24-19(2)26-25(30-24)16-23-21-12-11-20-9-5-6-14-27(20,3)22(21)13-15-28(23,26)4/h10,18-23,25-26,29H,5-9,11-17H2,1-4H3/b24-10-/t18-,19?,20-,21+,22?,23?,25-,26?,27-,28-/m0/s1. The van der Waals surface area contributed by atoms with E-state index in [4.69, 9.17) is 4.74 Å². The van der Waals surface area contributed by atoms with Gasteiger partial charge in [-0.25, -0.2) is 0 Å². The molecular weight excluding hydrogens is 368 g/mol. The smallest absolute Gasteiger partial charge is 0.103 e. The van der Waals surface area contributed by atoms with Crippen molar-refractivity contribution >= 4 is 0 Å². The van der Waals surface area contributed by atoms with Crippen molar-refractivity contribution in [3.8, 4) is 0 Å². The van der Waals surface area contributed by atoms with Gasteiger partial charge in [0, 0.05) is 18.4 Å². The molecule has 5 rings (SSSR count). The van der Waals surface area contributed by atoms with Crippen LogP contribution in [-0.4, -0.2) is 17.8 Å². The Morgan fingerprint density at radius 1 is 1.07 bits per heavy atom. The summed E-state index contributed by atoms with van der Waals surface area (Å²) in [4.78, 5) is 0. The number of allylic oxidation sites excluding steroid dienone is 2. The predicted molar refractivity (Wildman–Crippen MR) is 123 cm³/mol. The molecule has 2 heteroatoms. The van der Waals surface area contributed by atoms with E-state index < -0.39 is 0 Å². The molecule has 0 aromatic rings. The first-order valence-corrected chi connectivity index (χ1v) is 13.4. The molecule has 1 saturated heterocycles. The molecule has 4 saturated carbocycles. The average Bonchev–Trinajstić information content (AvgIpc) is 3.21. The minimum atomic E-state index is 0.299. The van der Waals surface area contributed by atoms with Crippen LogP contribution < -0.4 is 0 Å². The van der Waals surface area contributed by atoms with E-state index in [0.717, 1.165) is 42.4 Å². The van der Waals surface area contributed by atoms with Gasteiger partial charge in [0.25, 0.3) is 0 Å². The molecule has 4 unspecified atom stereocenters. The number of hydrogen-bond acceptors (Lipinski definition) is 2. The second-order valence-corrected chi connectivity index (χ2v) is 12.6. The number of fused-ring (bicyclic) bond motifs is 7. The van der Waals surface area contributed by atoms with Gasteiger partial charge < -0.3 is 9.84 Å². The fraction of sp³-hybridized carbons (Fsp3) is 0.929. The molecule has 170 valence electrons. The number of aliphatic hydroxyl groups is 1. The van der Waals surface area contributed by atoms with Crippen LogP contribution >= 0.6 is 0 Å². The van der Waals surface area contributed by atoms with E-state index in [9.17, 15) is 5.11 Å². The molecular formula is C28H46O2. The summed E-state index contributed by atoms with van der Waals surface area (Å²) >= 11 is 0. The summed E-state index contributed by atoms with van der Waals surface area (Å²) < 4.78 is 6.68. The monoisotopic (exact) mass is 414 g/mol. The Balaban J connectivity index is 1.33. The molecule has 0 radical (unpaired) electrons. The van der Waals surface area contributed by atoms with Crippen molar-refractivity contribution in [3.05, 3.63) is 11.8 Å². The second-order valence-electron chi connectivity index (χ2n) is 12.6. The van der Waals surface area contributed by atoms with Crippen molar-refractivity contribution in [3.63, 3.8) is 0 Å². The van der Waals surface area contributed by atoms with Gasteiger partial charge >= 0.3 is 0 Å². The average molecular weight is 415 g/mol. The zero-order chi connectivity index (χ0) is 21.1. The summed E-state index contributed by atoms with van der Waals surface area (Å²) in [6, 6.07) is 0. The van der Waals surface area contributed by atoms with Crippen molar-refractivity contribution in [1.29, 1.82) is 0 Å². The highest BCUT2D eigenvalue weighted by Gasteiger charge is 2.65. The fourth-order valence-electron chi connectivity index (χ4n) is 9.63. The SMILES string of the molecule is CC1/C(=C/CC[C@H](C)CO)O[C@H]2CC3[C@@H]4CC[C@@H]5CCCC[C@]5(C)C4CC[C@]3(C)C12. The van der Waals surface area contributed by atoms with Gasteiger partial charge in [-0.1, -0.05) is 40.5 Å². The van der Waals surface area contributed by atoms with Crippen LogP contribution in [0.4, 0.5) is 0 Å². The lowest BCUT2D eigenvalue weighted by Crippen LogP contribution is -2.53. The third-order valence-electron chi connectivity index (χ3n) is 11.3. The van der Waals surface area contributed by atoms with Gasteiger partial charge in [-0.05, 0) is 104 Å². The highest BCUT2D eigenvalue weighted by Crippen LogP contribution is 2.70. The van der Waals surface area contributed by atoms with Crippen molar-refractivity contribution in [1.82, 2.24) is 0 Å². The van der Waals surface area contributed by atoms with Crippen molar-refractivity contribution in [2.75, 3.05) is 6.61 Å². The Morgan fingerprint density at radius 2 is 1.90 bits per heavy atom. The fourth-order valence-corrected chi connectivity index (χ4v) is 9.63. The first-order valence-electron chi connectivity index (χ1n) is 13.4. The van der Waals surface area contributed by atoms with E-state index in [0.29, 0.717) is 35.4 Å². The second kappa shape index (κ2) is 7.82. The normalized spacial score (nSPS) is 52.2. The molecule has 1 aliphatic heterocycles. The molecule has 1 heterocycles. The molecule has 1 N–H and O–H groups in total. The van der Waals surface area contributed by atoms with Gasteiger partial charge in [0.05, 0.1) is 5.76 Å². The van der Waals surface area contributed by atoms with Crippen molar-refractivity contribution in [2.24, 2.45) is 52.3 Å². The summed E-state index contributed by atoms with van der Waals surface area (Å²) in [7, 11) is 0. The lowest BCUT2D eigenvalue weighted by Gasteiger charge is -2.60. The molecule has 0 aromatic carbocycles. The molecule has 0 bridgehead atoms. The summed E-state index contributed by atoms with van der Waals surface area (Å²) in [5.41, 5.74) is 1.12. The van der Waals surface area contributed by atoms with Crippen LogP contribution in [0.15, 0.2) is 11.8 Å². The summed E-state index contributed by atoms with van der Waals surface area (Å²) in [5, 5.41) is 9.31. The van der Waals surface area contributed by atoms with E-state index in [-0.39, 0.29) is 0 Å². The zero-order valence-corrected chi connectivity index (χ0v) is 20.0. The van der Waals surface area contributed by atoms with Gasteiger partial charge in [-0.2, -0.15) is 0 Å². The maximum atomic E-state index is 9.31. The third-order valence-corrected chi connectivity index (χ3v) is 11.3. The molecule has 30 heavy (non-hydrogen) atoms. The minimum absolute atomic E-state index is 0.299. The topological polar surface area (TPSA) is 29.5 Å². The molecule has 10 atom stereocenters. The molecule has 4 aliphatic carbocycles. The molecule has 0 aromatic heterocycles. The first-order chi connectivity index (χ1) is 14.4. The first kappa shape index (κ1) is 21.4. The van der Waals surface area contributed by atoms with Gasteiger partial charge in [-0.3, -0.25) is 0 Å². The Hall–Kier alpha value is -0.500. The Morgan fingerprint density at radius 3 is 2.70 bits per heavy atom. The van der Waals surface area contributed by atoms with E-state index >= 15 is 0 Å². The van der Waals surface area contributed by atoms with E-state index in [1.54, 1.807) is 0 Å². The number of rotatable bonds is 4. The third kappa shape index (κ3) is 3.13. The Labute approximate surface area is 185 Å². The van der Waals surface area contributed by atoms with Crippen LogP contribution in [0, 0.1) is 52.3 Å². The van der Waals surface area contributed by atoms with Gasteiger partial charge in [-0.15, -0.1) is 0 Å². The summed E-state index contributed by atoms with van der Waals surface area (Å²) in [6.45, 7) is 10.2. The molecule has 0 spiro atoms. The van der Waals surface area contributed by atoms with Crippen LogP contribution in [-0.2, 0) is 4.74 Å². The van der Waals surface area contributed by atoms with Crippen molar-refractivity contribution < 1.29 is 9.84 Å². The van der Waals surface area contributed by atoms with Crippen LogP contribution in [0.5, 0.6) is 0 Å². The largest absolute Gasteiger partial charge is 0.494 e. The van der Waals surface area contributed by atoms with Crippen molar-refractivity contribution in [2.45, 2.75) is 104 Å². The maximum Gasteiger partial charge on any atom is 0.103 e. The summed E-state index contributed by atoms with van der Waals surface area (Å²) in [6.07, 6.45) is 18.2. The minimum Gasteiger partial charge on any atom is -0.494 e. The molecule has 5 aliphatic rings. The molecule has 0 amide bonds. The maximum absolute atomic E-state index is 9.31. The van der Waals surface area contributed by atoms with Crippen LogP contribution in [0.2, 0.25) is 0 Å². The van der Waals surface area contributed by atoms with E-state index in [1.165, 1.54) is 63.5 Å². The lowest BCUT2D eigenvalue weighted by atomic mass is 9.44. The van der Waals surface area contributed by atoms with Gasteiger partial charge in [0.2, 0.25) is 0 Å². The zero-order valence-electron chi connectivity index (χ0n) is 20.0. The number of aliphatic hydroxyl groups excluding tert-OH is 1. The van der Waals surface area contributed by atoms with Gasteiger partial charge in [0.15, 0.2) is 0 Å². The van der Waals surface area contributed by atoms with Crippen LogP contribution in [0.1, 0.15) is 98.3 Å². The number of ether oxygens (including phenoxy) is 1. The highest BCUT2D eigenvalue weighted by atomic mass is 16.5. The predicted octanol–water partition coefficient (Wildman–Crippen LogP) is 6.97. The van der Waals surface area contributed by atoms with E-state index in [1.807, 2.05) is 0 Å². The lowest BCUT2D eigenvalue weighted by molar-refractivity contribution is -0.112. The van der Waals surface area contributed by atoms with Crippen LogP contribution in [0.3, 0.4) is 0 Å². The highest BCUT2D eigenvalue weighted by molar-refractivity contribution is 5.19. The molecule has 5 fully saturated rings. The quantitative estimate of drug-likeness (QED) is 0.538. The molecule has 2 nitrogen and oxygen atoms in total. The Kier molecular flexibility index (Phi) is 5.57.